The SMILES string of the molecule is C=CC(=O)N1c2ccccc2N(C)c2ccccc21. The second kappa shape index (κ2) is 4.28. The molecule has 0 aromatic heterocycles. The van der Waals surface area contributed by atoms with Crippen LogP contribution in [-0.4, -0.2) is 13.0 Å². The fourth-order valence-electron chi connectivity index (χ4n) is 2.46. The van der Waals surface area contributed by atoms with E-state index in [-0.39, 0.29) is 5.91 Å². The fourth-order valence-corrected chi connectivity index (χ4v) is 2.46. The Hall–Kier alpha value is -2.55. The van der Waals surface area contributed by atoms with Crippen LogP contribution in [0.2, 0.25) is 0 Å². The molecule has 0 saturated carbocycles. The van der Waals surface area contributed by atoms with Crippen LogP contribution in [-0.2, 0) is 4.79 Å². The predicted octanol–water partition coefficient (Wildman–Crippen LogP) is 3.62. The van der Waals surface area contributed by atoms with E-state index in [0.717, 1.165) is 22.7 Å². The largest absolute Gasteiger partial charge is 0.341 e. The van der Waals surface area contributed by atoms with Crippen molar-refractivity contribution in [3.8, 4) is 0 Å². The van der Waals surface area contributed by atoms with Crippen molar-refractivity contribution < 1.29 is 4.79 Å². The lowest BCUT2D eigenvalue weighted by molar-refractivity contribution is -0.113. The van der Waals surface area contributed by atoms with Gasteiger partial charge in [-0.05, 0) is 30.3 Å². The molecule has 2 aromatic carbocycles. The van der Waals surface area contributed by atoms with Crippen LogP contribution in [0.15, 0.2) is 61.2 Å². The minimum absolute atomic E-state index is 0.118. The predicted molar refractivity (Wildman–Crippen MR) is 78.3 cm³/mol. The summed E-state index contributed by atoms with van der Waals surface area (Å²) in [6, 6.07) is 15.7. The molecule has 3 heteroatoms. The van der Waals surface area contributed by atoms with E-state index < -0.39 is 0 Å². The molecular weight excluding hydrogens is 236 g/mol. The van der Waals surface area contributed by atoms with Crippen molar-refractivity contribution in [2.24, 2.45) is 0 Å². The summed E-state index contributed by atoms with van der Waals surface area (Å²) in [4.78, 5) is 16.0. The van der Waals surface area contributed by atoms with E-state index in [4.69, 9.17) is 0 Å². The van der Waals surface area contributed by atoms with Gasteiger partial charge in [-0.1, -0.05) is 30.8 Å². The van der Waals surface area contributed by atoms with E-state index >= 15 is 0 Å². The van der Waals surface area contributed by atoms with Crippen molar-refractivity contribution in [3.63, 3.8) is 0 Å². The Labute approximate surface area is 112 Å². The van der Waals surface area contributed by atoms with E-state index in [1.165, 1.54) is 6.08 Å². The molecule has 0 atom stereocenters. The van der Waals surface area contributed by atoms with E-state index in [1.54, 1.807) is 4.90 Å². The molecule has 1 amide bonds. The third-order valence-electron chi connectivity index (χ3n) is 3.36. The average molecular weight is 250 g/mol. The molecule has 0 aliphatic carbocycles. The van der Waals surface area contributed by atoms with Crippen molar-refractivity contribution in [1.29, 1.82) is 0 Å². The quantitative estimate of drug-likeness (QED) is 0.722. The summed E-state index contributed by atoms with van der Waals surface area (Å²) in [5, 5.41) is 0. The second-order valence-corrected chi connectivity index (χ2v) is 4.41. The molecule has 0 N–H and O–H groups in total. The zero-order valence-electron chi connectivity index (χ0n) is 10.7. The number of hydrogen-bond donors (Lipinski definition) is 0. The van der Waals surface area contributed by atoms with Gasteiger partial charge in [-0.25, -0.2) is 0 Å². The molecule has 94 valence electrons. The summed E-state index contributed by atoms with van der Waals surface area (Å²) >= 11 is 0. The zero-order valence-corrected chi connectivity index (χ0v) is 10.7. The molecule has 0 unspecified atom stereocenters. The maximum Gasteiger partial charge on any atom is 0.255 e. The number of para-hydroxylation sites is 4. The minimum Gasteiger partial charge on any atom is -0.341 e. The molecule has 0 spiro atoms. The van der Waals surface area contributed by atoms with Crippen molar-refractivity contribution in [1.82, 2.24) is 0 Å². The van der Waals surface area contributed by atoms with Crippen LogP contribution >= 0.6 is 0 Å². The molecule has 19 heavy (non-hydrogen) atoms. The first kappa shape index (κ1) is 11.5. The lowest BCUT2D eigenvalue weighted by atomic mass is 10.1. The highest BCUT2D eigenvalue weighted by Crippen LogP contribution is 2.46. The summed E-state index contributed by atoms with van der Waals surface area (Å²) in [5.41, 5.74) is 3.79. The summed E-state index contributed by atoms with van der Waals surface area (Å²) in [7, 11) is 2.01. The molecule has 3 rings (SSSR count). The lowest BCUT2D eigenvalue weighted by Crippen LogP contribution is -2.31. The lowest BCUT2D eigenvalue weighted by Gasteiger charge is -2.36. The highest BCUT2D eigenvalue weighted by atomic mass is 16.2. The summed E-state index contributed by atoms with van der Waals surface area (Å²) in [5.74, 6) is -0.118. The number of benzene rings is 2. The summed E-state index contributed by atoms with van der Waals surface area (Å²) in [6.45, 7) is 3.60. The van der Waals surface area contributed by atoms with E-state index in [1.807, 2.05) is 55.6 Å². The first-order valence-electron chi connectivity index (χ1n) is 6.12. The smallest absolute Gasteiger partial charge is 0.255 e. The van der Waals surface area contributed by atoms with Gasteiger partial charge >= 0.3 is 0 Å². The Morgan fingerprint density at radius 1 is 0.947 bits per heavy atom. The first-order valence-corrected chi connectivity index (χ1v) is 6.12. The second-order valence-electron chi connectivity index (χ2n) is 4.41. The van der Waals surface area contributed by atoms with Crippen molar-refractivity contribution in [3.05, 3.63) is 61.2 Å². The Bertz CT molecular complexity index is 616. The van der Waals surface area contributed by atoms with Crippen molar-refractivity contribution >= 4 is 28.7 Å². The highest BCUT2D eigenvalue weighted by molar-refractivity contribution is 6.13. The number of anilines is 4. The monoisotopic (exact) mass is 250 g/mol. The Kier molecular flexibility index (Phi) is 2.60. The van der Waals surface area contributed by atoms with Crippen LogP contribution in [0.3, 0.4) is 0 Å². The molecule has 0 bridgehead atoms. The highest BCUT2D eigenvalue weighted by Gasteiger charge is 2.28. The minimum atomic E-state index is -0.118. The fraction of sp³-hybridized carbons (Fsp3) is 0.0625. The van der Waals surface area contributed by atoms with Crippen molar-refractivity contribution in [2.45, 2.75) is 0 Å². The van der Waals surface area contributed by atoms with Gasteiger partial charge in [0, 0.05) is 7.05 Å². The number of carbonyl (C=O) groups excluding carboxylic acids is 1. The number of hydrogen-bond acceptors (Lipinski definition) is 2. The number of carbonyl (C=O) groups is 1. The molecule has 1 aliphatic rings. The zero-order chi connectivity index (χ0) is 13.4. The molecule has 3 nitrogen and oxygen atoms in total. The summed E-state index contributed by atoms with van der Waals surface area (Å²) in [6.07, 6.45) is 1.35. The van der Waals surface area contributed by atoms with Gasteiger partial charge in [0.05, 0.1) is 22.7 Å². The molecule has 0 radical (unpaired) electrons. The van der Waals surface area contributed by atoms with Gasteiger partial charge in [0.15, 0.2) is 0 Å². The standard InChI is InChI=1S/C16H14N2O/c1-3-16(19)18-14-10-6-4-8-12(14)17(2)13-9-5-7-11-15(13)18/h3-11H,1H2,2H3. The van der Waals surface area contributed by atoms with Gasteiger partial charge in [0.25, 0.3) is 5.91 Å². The maximum absolute atomic E-state index is 12.2. The van der Waals surface area contributed by atoms with Crippen LogP contribution in [0.4, 0.5) is 22.7 Å². The van der Waals surface area contributed by atoms with Gasteiger partial charge in [0.2, 0.25) is 0 Å². The van der Waals surface area contributed by atoms with E-state index in [0.29, 0.717) is 0 Å². The Balaban J connectivity index is 2.29. The van der Waals surface area contributed by atoms with E-state index in [2.05, 4.69) is 11.5 Å². The molecule has 1 heterocycles. The molecule has 2 aromatic rings. The average Bonchev–Trinajstić information content (AvgIpc) is 2.47. The normalized spacial score (nSPS) is 12.7. The number of nitrogens with zero attached hydrogens (tertiary/aromatic N) is 2. The molecule has 0 fully saturated rings. The van der Waals surface area contributed by atoms with Crippen LogP contribution in [0.25, 0.3) is 0 Å². The van der Waals surface area contributed by atoms with E-state index in [9.17, 15) is 4.79 Å². The van der Waals surface area contributed by atoms with Gasteiger partial charge in [-0.15, -0.1) is 0 Å². The van der Waals surface area contributed by atoms with Crippen molar-refractivity contribution in [2.75, 3.05) is 16.8 Å². The van der Waals surface area contributed by atoms with Gasteiger partial charge < -0.3 is 4.90 Å². The van der Waals surface area contributed by atoms with Crippen LogP contribution in [0, 0.1) is 0 Å². The number of amides is 1. The maximum atomic E-state index is 12.2. The Morgan fingerprint density at radius 3 is 1.79 bits per heavy atom. The Morgan fingerprint density at radius 2 is 1.37 bits per heavy atom. The number of fused-ring (bicyclic) bond motifs is 2. The molecule has 0 saturated heterocycles. The van der Waals surface area contributed by atoms with Crippen LogP contribution in [0.1, 0.15) is 0 Å². The van der Waals surface area contributed by atoms with Crippen LogP contribution in [0.5, 0.6) is 0 Å². The molecular formula is C16H14N2O. The van der Waals surface area contributed by atoms with Crippen LogP contribution < -0.4 is 9.80 Å². The number of rotatable bonds is 1. The molecule has 1 aliphatic heterocycles. The van der Waals surface area contributed by atoms with Gasteiger partial charge in [0.1, 0.15) is 0 Å². The third-order valence-corrected chi connectivity index (χ3v) is 3.36. The topological polar surface area (TPSA) is 23.6 Å². The third kappa shape index (κ3) is 1.63. The van der Waals surface area contributed by atoms with Gasteiger partial charge in [-0.2, -0.15) is 0 Å². The first-order chi connectivity index (χ1) is 9.24. The van der Waals surface area contributed by atoms with Gasteiger partial charge in [-0.3, -0.25) is 9.69 Å². The summed E-state index contributed by atoms with van der Waals surface area (Å²) < 4.78 is 0.